The van der Waals surface area contributed by atoms with E-state index in [1.54, 1.807) is 0 Å². The maximum absolute atomic E-state index is 5.65. The molecule has 0 amide bonds. The minimum atomic E-state index is 0.509. The molecule has 0 bridgehead atoms. The minimum Gasteiger partial charge on any atom is -0.378 e. The van der Waals surface area contributed by atoms with E-state index in [4.69, 9.17) is 4.74 Å². The quantitative estimate of drug-likeness (QED) is 0.570. The van der Waals surface area contributed by atoms with Crippen molar-refractivity contribution in [3.63, 3.8) is 0 Å². The first-order valence-corrected chi connectivity index (χ1v) is 5.36. The molecule has 0 aromatic rings. The van der Waals surface area contributed by atoms with Crippen molar-refractivity contribution in [1.29, 1.82) is 0 Å². The van der Waals surface area contributed by atoms with E-state index in [0.29, 0.717) is 6.10 Å². The van der Waals surface area contributed by atoms with E-state index >= 15 is 0 Å². The van der Waals surface area contributed by atoms with E-state index in [1.807, 2.05) is 0 Å². The Kier molecular flexibility index (Phi) is 7.58. The van der Waals surface area contributed by atoms with Crippen LogP contribution in [0.3, 0.4) is 0 Å². The predicted octanol–water partition coefficient (Wildman–Crippen LogP) is 3.63. The van der Waals surface area contributed by atoms with Gasteiger partial charge in [-0.05, 0) is 25.7 Å². The van der Waals surface area contributed by atoms with Crippen molar-refractivity contribution in [2.45, 2.75) is 59.5 Å². The highest BCUT2D eigenvalue weighted by Gasteiger charge is 2.10. The average Bonchev–Trinajstić information content (AvgIpc) is 2.05. The zero-order valence-corrected chi connectivity index (χ0v) is 9.10. The van der Waals surface area contributed by atoms with Gasteiger partial charge in [0.25, 0.3) is 0 Å². The van der Waals surface area contributed by atoms with Gasteiger partial charge in [0.1, 0.15) is 0 Å². The summed E-state index contributed by atoms with van der Waals surface area (Å²) in [5, 5.41) is 0. The van der Waals surface area contributed by atoms with Crippen LogP contribution in [-0.4, -0.2) is 12.7 Å². The summed E-state index contributed by atoms with van der Waals surface area (Å²) in [4.78, 5) is 0. The summed E-state index contributed by atoms with van der Waals surface area (Å²) in [6, 6.07) is 0. The molecular weight excluding hydrogens is 148 g/mol. The highest BCUT2D eigenvalue weighted by atomic mass is 16.5. The molecule has 0 fully saturated rings. The van der Waals surface area contributed by atoms with E-state index in [-0.39, 0.29) is 0 Å². The second kappa shape index (κ2) is 7.60. The fraction of sp³-hybridized carbons (Fsp3) is 1.00. The standard InChI is InChI=1S/C11H24O/c1-5-8-11(12-7-3)9-10(4)6-2/h10-11H,5-9H2,1-4H3/t10?,11-/m1/s1. The lowest BCUT2D eigenvalue weighted by Crippen LogP contribution is -2.16. The van der Waals surface area contributed by atoms with Crippen LogP contribution >= 0.6 is 0 Å². The molecule has 0 aliphatic carbocycles. The Morgan fingerprint density at radius 3 is 2.25 bits per heavy atom. The maximum Gasteiger partial charge on any atom is 0.0577 e. The highest BCUT2D eigenvalue weighted by molar-refractivity contribution is 4.61. The van der Waals surface area contributed by atoms with Gasteiger partial charge in [-0.1, -0.05) is 33.6 Å². The number of hydrogen-bond donors (Lipinski definition) is 0. The van der Waals surface area contributed by atoms with Crippen molar-refractivity contribution < 1.29 is 4.74 Å². The minimum absolute atomic E-state index is 0.509. The number of hydrogen-bond acceptors (Lipinski definition) is 1. The lowest BCUT2D eigenvalue weighted by molar-refractivity contribution is 0.0397. The van der Waals surface area contributed by atoms with Crippen molar-refractivity contribution in [1.82, 2.24) is 0 Å². The van der Waals surface area contributed by atoms with E-state index in [9.17, 15) is 0 Å². The first-order chi connectivity index (χ1) is 5.74. The number of rotatable bonds is 7. The van der Waals surface area contributed by atoms with Gasteiger partial charge in [0.05, 0.1) is 6.10 Å². The smallest absolute Gasteiger partial charge is 0.0577 e. The van der Waals surface area contributed by atoms with Crippen LogP contribution in [0.5, 0.6) is 0 Å². The topological polar surface area (TPSA) is 9.23 Å². The van der Waals surface area contributed by atoms with Crippen molar-refractivity contribution in [2.24, 2.45) is 5.92 Å². The van der Waals surface area contributed by atoms with Crippen LogP contribution in [0.4, 0.5) is 0 Å². The molecule has 0 aromatic heterocycles. The molecule has 74 valence electrons. The van der Waals surface area contributed by atoms with Crippen LogP contribution in [0.15, 0.2) is 0 Å². The molecule has 0 aliphatic rings. The van der Waals surface area contributed by atoms with Gasteiger partial charge >= 0.3 is 0 Å². The second-order valence-corrected chi connectivity index (χ2v) is 3.62. The summed E-state index contributed by atoms with van der Waals surface area (Å²) in [7, 11) is 0. The maximum atomic E-state index is 5.65. The monoisotopic (exact) mass is 172 g/mol. The van der Waals surface area contributed by atoms with Gasteiger partial charge < -0.3 is 4.74 Å². The molecule has 0 saturated carbocycles. The molecule has 12 heavy (non-hydrogen) atoms. The third-order valence-corrected chi connectivity index (χ3v) is 2.38. The lowest BCUT2D eigenvalue weighted by atomic mass is 9.98. The van der Waals surface area contributed by atoms with Gasteiger partial charge in [-0.15, -0.1) is 0 Å². The van der Waals surface area contributed by atoms with Crippen molar-refractivity contribution in [3.8, 4) is 0 Å². The van der Waals surface area contributed by atoms with Gasteiger partial charge in [-0.25, -0.2) is 0 Å². The molecule has 2 atom stereocenters. The highest BCUT2D eigenvalue weighted by Crippen LogP contribution is 2.15. The third-order valence-electron chi connectivity index (χ3n) is 2.38. The first-order valence-electron chi connectivity index (χ1n) is 5.36. The molecule has 0 aromatic carbocycles. The molecule has 0 spiro atoms. The van der Waals surface area contributed by atoms with Gasteiger partial charge in [0, 0.05) is 6.61 Å². The van der Waals surface area contributed by atoms with E-state index in [0.717, 1.165) is 12.5 Å². The van der Waals surface area contributed by atoms with Crippen LogP contribution < -0.4 is 0 Å². The van der Waals surface area contributed by atoms with Crippen LogP contribution in [0.1, 0.15) is 53.4 Å². The molecule has 0 N–H and O–H groups in total. The molecule has 1 heteroatoms. The fourth-order valence-electron chi connectivity index (χ4n) is 1.44. The molecule has 1 unspecified atom stereocenters. The van der Waals surface area contributed by atoms with E-state index in [1.165, 1.54) is 25.7 Å². The third kappa shape index (κ3) is 5.59. The summed E-state index contributed by atoms with van der Waals surface area (Å²) in [5.74, 6) is 0.813. The Hall–Kier alpha value is -0.0400. The molecule has 0 rings (SSSR count). The largest absolute Gasteiger partial charge is 0.378 e. The van der Waals surface area contributed by atoms with Crippen LogP contribution in [0.25, 0.3) is 0 Å². The summed E-state index contributed by atoms with van der Waals surface area (Å²) in [6.45, 7) is 9.73. The molecular formula is C11H24O. The Bertz CT molecular complexity index is 85.0. The van der Waals surface area contributed by atoms with Crippen molar-refractivity contribution in [3.05, 3.63) is 0 Å². The van der Waals surface area contributed by atoms with E-state index in [2.05, 4.69) is 27.7 Å². The molecule has 0 aliphatic heterocycles. The summed E-state index contributed by atoms with van der Waals surface area (Å²) in [5.41, 5.74) is 0. The van der Waals surface area contributed by atoms with Crippen LogP contribution in [-0.2, 0) is 4.74 Å². The predicted molar refractivity (Wildman–Crippen MR) is 54.4 cm³/mol. The van der Waals surface area contributed by atoms with E-state index < -0.39 is 0 Å². The SMILES string of the molecule is CCC[C@H](CC(C)CC)OCC. The molecule has 0 radical (unpaired) electrons. The normalized spacial score (nSPS) is 16.0. The van der Waals surface area contributed by atoms with Crippen LogP contribution in [0, 0.1) is 5.92 Å². The average molecular weight is 172 g/mol. The zero-order valence-electron chi connectivity index (χ0n) is 9.10. The Labute approximate surface area is 77.5 Å². The van der Waals surface area contributed by atoms with Gasteiger partial charge in [-0.3, -0.25) is 0 Å². The van der Waals surface area contributed by atoms with Crippen molar-refractivity contribution >= 4 is 0 Å². The summed E-state index contributed by atoms with van der Waals surface area (Å²) in [6.07, 6.45) is 5.47. The summed E-state index contributed by atoms with van der Waals surface area (Å²) >= 11 is 0. The fourth-order valence-corrected chi connectivity index (χ4v) is 1.44. The second-order valence-electron chi connectivity index (χ2n) is 3.62. The molecule has 1 nitrogen and oxygen atoms in total. The summed E-state index contributed by atoms with van der Waals surface area (Å²) < 4.78 is 5.65. The van der Waals surface area contributed by atoms with Gasteiger partial charge in [0.2, 0.25) is 0 Å². The lowest BCUT2D eigenvalue weighted by Gasteiger charge is -2.19. The molecule has 0 heterocycles. The Morgan fingerprint density at radius 2 is 1.83 bits per heavy atom. The van der Waals surface area contributed by atoms with Crippen LogP contribution in [0.2, 0.25) is 0 Å². The van der Waals surface area contributed by atoms with Gasteiger partial charge in [0.15, 0.2) is 0 Å². The first kappa shape index (κ1) is 12.0. The van der Waals surface area contributed by atoms with Gasteiger partial charge in [-0.2, -0.15) is 0 Å². The Morgan fingerprint density at radius 1 is 1.17 bits per heavy atom. The number of ether oxygens (including phenoxy) is 1. The molecule has 0 saturated heterocycles. The zero-order chi connectivity index (χ0) is 9.40. The Balaban J connectivity index is 3.61. The van der Waals surface area contributed by atoms with Crippen molar-refractivity contribution in [2.75, 3.05) is 6.61 Å².